The Kier molecular flexibility index (Phi) is 48.9. The third-order valence-electron chi connectivity index (χ3n) is 7.85. The van der Waals surface area contributed by atoms with E-state index in [4.69, 9.17) is 4.74 Å². The zero-order valence-corrected chi connectivity index (χ0v) is 34.8. The van der Waals surface area contributed by atoms with Crippen LogP contribution in [0.3, 0.4) is 0 Å². The van der Waals surface area contributed by atoms with Crippen LogP contribution in [0.2, 0.25) is 0 Å². The maximum absolute atomic E-state index is 11.9. The maximum atomic E-state index is 11.9. The molecule has 0 aliphatic carbocycles. The van der Waals surface area contributed by atoms with Gasteiger partial charge >= 0.3 is 115 Å². The fraction of sp³-hybridized carbons (Fsp3) is 0.889. The number of rotatable bonds is 31. The second-order valence-electron chi connectivity index (χ2n) is 11.9. The van der Waals surface area contributed by atoms with Gasteiger partial charge in [0.25, 0.3) is 0 Å². The number of carbonyl (C=O) groups is 2. The van der Waals surface area contributed by atoms with Crippen molar-refractivity contribution >= 4 is 11.9 Å². The second kappa shape index (κ2) is 42.2. The predicted octanol–water partition coefficient (Wildman–Crippen LogP) is 6.59. The normalized spacial score (nSPS) is 10.9. The number of hydrogen-bond acceptors (Lipinski definition) is 3. The van der Waals surface area contributed by atoms with E-state index in [0.717, 1.165) is 32.1 Å². The van der Waals surface area contributed by atoms with E-state index in [1.807, 2.05) is 0 Å². The average molecular weight is 629 g/mol. The van der Waals surface area contributed by atoms with Gasteiger partial charge in [0.2, 0.25) is 0 Å². The molecule has 3 nitrogen and oxygen atoms in total. The van der Waals surface area contributed by atoms with Gasteiger partial charge in [0.05, 0.1) is 0 Å². The first-order chi connectivity index (χ1) is 19.2. The van der Waals surface area contributed by atoms with E-state index in [2.05, 4.69) is 26.0 Å². The third kappa shape index (κ3) is 42.2. The molecule has 41 heavy (non-hydrogen) atoms. The minimum absolute atomic E-state index is 0. The molecule has 0 aliphatic heterocycles. The van der Waals surface area contributed by atoms with Crippen LogP contribution in [-0.4, -0.2) is 11.9 Å². The summed E-state index contributed by atoms with van der Waals surface area (Å²) < 4.78 is 5.00. The van der Waals surface area contributed by atoms with Crippen LogP contribution in [0, 0.1) is 0 Å². The summed E-state index contributed by atoms with van der Waals surface area (Å²) in [5.41, 5.74) is 0. The van der Waals surface area contributed by atoms with E-state index >= 15 is 0 Å². The number of unbranched alkanes of at least 4 members (excludes halogenated alkanes) is 25. The van der Waals surface area contributed by atoms with Crippen molar-refractivity contribution in [3.63, 3.8) is 0 Å². The molecule has 0 saturated heterocycles. The maximum Gasteiger partial charge on any atom is 1.00 e. The quantitative estimate of drug-likeness (QED) is 0.0286. The van der Waals surface area contributed by atoms with Crippen LogP contribution in [0.1, 0.15) is 209 Å². The topological polar surface area (TPSA) is 43.4 Å². The number of carbonyl (C=O) groups excluding carboxylic acids is 2. The summed E-state index contributed by atoms with van der Waals surface area (Å²) in [6.07, 6.45) is 41.2. The van der Waals surface area contributed by atoms with Gasteiger partial charge < -0.3 is 7.59 Å². The molecule has 0 bridgehead atoms. The van der Waals surface area contributed by atoms with Crippen molar-refractivity contribution in [3.05, 3.63) is 12.2 Å². The summed E-state index contributed by atoms with van der Waals surface area (Å²) in [6.45, 7) is 4.54. The molecule has 0 atom stereocenters. The minimum Gasteiger partial charge on any atom is -1.00 e. The molecule has 5 heteroatoms. The number of esters is 2. The largest absolute Gasteiger partial charge is 1.00 e. The first kappa shape index (κ1) is 47.6. The molecule has 0 aromatic rings. The van der Waals surface area contributed by atoms with Crippen LogP contribution in [0.25, 0.3) is 0 Å². The van der Waals surface area contributed by atoms with Gasteiger partial charge in [-0.3, -0.25) is 9.59 Å². The molecule has 0 saturated carbocycles. The molecule has 0 spiro atoms. The predicted molar refractivity (Wildman–Crippen MR) is 172 cm³/mol. The average Bonchev–Trinajstić information content (AvgIpc) is 2.93. The molecule has 0 N–H and O–H groups in total. The molecule has 234 valence electrons. The molecule has 0 radical (unpaired) electrons. The van der Waals surface area contributed by atoms with E-state index in [-0.39, 0.29) is 118 Å². The van der Waals surface area contributed by atoms with Crippen molar-refractivity contribution in [1.82, 2.24) is 0 Å². The Hall–Kier alpha value is 2.15. The molecule has 0 unspecified atom stereocenters. The monoisotopic (exact) mass is 628 g/mol. The van der Waals surface area contributed by atoms with Crippen LogP contribution in [0.15, 0.2) is 12.2 Å². The van der Waals surface area contributed by atoms with Gasteiger partial charge in [-0.05, 0) is 38.5 Å². The molecular formula is C36H70K2O3. The zero-order chi connectivity index (χ0) is 28.5. The Morgan fingerprint density at radius 2 is 0.659 bits per heavy atom. The van der Waals surface area contributed by atoms with Gasteiger partial charge in [0, 0.05) is 12.8 Å². The fourth-order valence-corrected chi connectivity index (χ4v) is 5.21. The first-order valence-electron chi connectivity index (χ1n) is 17.6. The van der Waals surface area contributed by atoms with E-state index in [0.29, 0.717) is 12.8 Å². The van der Waals surface area contributed by atoms with Crippen molar-refractivity contribution in [3.8, 4) is 0 Å². The zero-order valence-electron chi connectivity index (χ0n) is 30.6. The standard InChI is InChI=1S/C36H68O3.2K.2H/c1-3-5-7-9-11-13-15-17-19-21-23-25-27-29-31-33-35(37)39-36(38)34-32-30-28-26-24-22-20-18-16-14-12-10-8-6-4-2;;;;/h17,19H,3-16,18,20-34H2,1-2H3;;;;/q;2*+1;2*-1/b19-17-;;;;. The van der Waals surface area contributed by atoms with Crippen molar-refractivity contribution in [1.29, 1.82) is 0 Å². The smallest absolute Gasteiger partial charge is 1.00 e. The van der Waals surface area contributed by atoms with Crippen LogP contribution < -0.4 is 103 Å². The van der Waals surface area contributed by atoms with Gasteiger partial charge in [-0.25, -0.2) is 0 Å². The Labute approximate surface area is 345 Å². The van der Waals surface area contributed by atoms with Crippen LogP contribution in [0.5, 0.6) is 0 Å². The summed E-state index contributed by atoms with van der Waals surface area (Å²) >= 11 is 0. The Bertz CT molecular complexity index is 563. The molecule has 0 fully saturated rings. The van der Waals surface area contributed by atoms with Crippen molar-refractivity contribution in [2.24, 2.45) is 0 Å². The molecule has 0 aromatic carbocycles. The van der Waals surface area contributed by atoms with E-state index in [9.17, 15) is 9.59 Å². The summed E-state index contributed by atoms with van der Waals surface area (Å²) in [5.74, 6) is -0.666. The Morgan fingerprint density at radius 3 is 0.951 bits per heavy atom. The van der Waals surface area contributed by atoms with Crippen molar-refractivity contribution in [2.45, 2.75) is 206 Å². The second-order valence-corrected chi connectivity index (χ2v) is 11.9. The first-order valence-corrected chi connectivity index (χ1v) is 17.6. The summed E-state index contributed by atoms with van der Waals surface area (Å²) in [7, 11) is 0. The number of ether oxygens (including phenoxy) is 1. The van der Waals surface area contributed by atoms with Gasteiger partial charge in [0.15, 0.2) is 0 Å². The van der Waals surface area contributed by atoms with E-state index in [1.54, 1.807) is 0 Å². The van der Waals surface area contributed by atoms with Crippen LogP contribution >= 0.6 is 0 Å². The minimum atomic E-state index is -0.335. The summed E-state index contributed by atoms with van der Waals surface area (Å²) in [4.78, 5) is 23.8. The van der Waals surface area contributed by atoms with Crippen molar-refractivity contribution < 1.29 is 120 Å². The van der Waals surface area contributed by atoms with Crippen LogP contribution in [-0.2, 0) is 14.3 Å². The SMILES string of the molecule is CCCCCCCC/C=C\CCCCCCCC(=O)OC(=O)CCCCCCCCCCCCCCCCC.[H-].[H-].[K+].[K+]. The molecular weight excluding hydrogens is 559 g/mol. The van der Waals surface area contributed by atoms with Gasteiger partial charge in [-0.1, -0.05) is 167 Å². The van der Waals surface area contributed by atoms with Gasteiger partial charge in [-0.15, -0.1) is 0 Å². The number of allylic oxidation sites excluding steroid dienone is 2. The van der Waals surface area contributed by atoms with Gasteiger partial charge in [-0.2, -0.15) is 0 Å². The summed E-state index contributed by atoms with van der Waals surface area (Å²) in [6, 6.07) is 0. The fourth-order valence-electron chi connectivity index (χ4n) is 5.21. The third-order valence-corrected chi connectivity index (χ3v) is 7.85. The Morgan fingerprint density at radius 1 is 0.415 bits per heavy atom. The molecule has 0 heterocycles. The molecule has 0 aliphatic rings. The van der Waals surface area contributed by atoms with E-state index in [1.165, 1.54) is 148 Å². The Balaban J connectivity index is -0.00000120. The van der Waals surface area contributed by atoms with Gasteiger partial charge in [0.1, 0.15) is 0 Å². The molecule has 0 amide bonds. The van der Waals surface area contributed by atoms with Crippen molar-refractivity contribution in [2.75, 3.05) is 0 Å². The molecule has 0 rings (SSSR count). The number of hydrogen-bond donors (Lipinski definition) is 0. The molecule has 0 aromatic heterocycles. The van der Waals surface area contributed by atoms with Crippen LogP contribution in [0.4, 0.5) is 0 Å². The van der Waals surface area contributed by atoms with E-state index < -0.39 is 0 Å². The summed E-state index contributed by atoms with van der Waals surface area (Å²) in [5, 5.41) is 0.